The number of amides is 1. The molecule has 25 heavy (non-hydrogen) atoms. The molecule has 2 aromatic rings. The molecule has 0 aliphatic heterocycles. The van der Waals surface area contributed by atoms with Gasteiger partial charge in [0.25, 0.3) is 11.6 Å². The summed E-state index contributed by atoms with van der Waals surface area (Å²) in [5.74, 6) is -1.26. The van der Waals surface area contributed by atoms with E-state index in [9.17, 15) is 19.7 Å². The number of nitrogens with zero attached hydrogens (tertiary/aromatic N) is 1. The molecule has 1 N–H and O–H groups in total. The Labute approximate surface area is 148 Å². The van der Waals surface area contributed by atoms with Crippen LogP contribution < -0.4 is 5.32 Å². The Hall–Kier alpha value is -2.93. The van der Waals surface area contributed by atoms with E-state index < -0.39 is 16.8 Å². The summed E-state index contributed by atoms with van der Waals surface area (Å²) < 4.78 is 4.55. The number of non-ortho nitro benzene ring substituents is 1. The lowest BCUT2D eigenvalue weighted by Crippen LogP contribution is -2.26. The van der Waals surface area contributed by atoms with Gasteiger partial charge < -0.3 is 10.1 Å². The summed E-state index contributed by atoms with van der Waals surface area (Å²) >= 11 is 5.81. The third-order valence-electron chi connectivity index (χ3n) is 3.42. The molecule has 2 aromatic carbocycles. The van der Waals surface area contributed by atoms with Gasteiger partial charge in [0.2, 0.25) is 0 Å². The molecular formula is C17H15ClN2O5. The Balaban J connectivity index is 2.09. The van der Waals surface area contributed by atoms with Crippen LogP contribution in [0.1, 0.15) is 26.3 Å². The summed E-state index contributed by atoms with van der Waals surface area (Å²) in [5.41, 5.74) is 0.593. The zero-order valence-electron chi connectivity index (χ0n) is 13.3. The fourth-order valence-corrected chi connectivity index (χ4v) is 2.28. The molecule has 8 heteroatoms. The molecule has 0 saturated carbocycles. The van der Waals surface area contributed by atoms with Crippen molar-refractivity contribution in [1.29, 1.82) is 0 Å². The molecule has 0 atom stereocenters. The average Bonchev–Trinajstić information content (AvgIpc) is 2.62. The molecule has 0 fully saturated rings. The van der Waals surface area contributed by atoms with Gasteiger partial charge in [0.15, 0.2) is 0 Å². The van der Waals surface area contributed by atoms with Gasteiger partial charge in [0.1, 0.15) is 0 Å². The van der Waals surface area contributed by atoms with E-state index in [1.807, 2.05) is 12.1 Å². The van der Waals surface area contributed by atoms with Crippen molar-refractivity contribution in [2.24, 2.45) is 0 Å². The van der Waals surface area contributed by atoms with Crippen molar-refractivity contribution in [1.82, 2.24) is 5.32 Å². The Morgan fingerprint density at radius 1 is 1.16 bits per heavy atom. The van der Waals surface area contributed by atoms with Crippen molar-refractivity contribution in [3.63, 3.8) is 0 Å². The van der Waals surface area contributed by atoms with Crippen molar-refractivity contribution < 1.29 is 19.2 Å². The molecule has 130 valence electrons. The number of ether oxygens (including phenoxy) is 1. The van der Waals surface area contributed by atoms with E-state index in [0.717, 1.165) is 24.8 Å². The van der Waals surface area contributed by atoms with Gasteiger partial charge in [-0.2, -0.15) is 0 Å². The molecule has 0 aliphatic rings. The monoisotopic (exact) mass is 362 g/mol. The second kappa shape index (κ2) is 8.25. The number of benzene rings is 2. The zero-order valence-corrected chi connectivity index (χ0v) is 14.1. The minimum atomic E-state index is -0.751. The molecule has 0 unspecified atom stereocenters. The number of halogens is 1. The van der Waals surface area contributed by atoms with Crippen LogP contribution in [0.4, 0.5) is 5.69 Å². The van der Waals surface area contributed by atoms with Crippen molar-refractivity contribution >= 4 is 29.2 Å². The van der Waals surface area contributed by atoms with Crippen LogP contribution in [0.2, 0.25) is 5.02 Å². The molecule has 0 aromatic heterocycles. The second-order valence-electron chi connectivity index (χ2n) is 5.15. The smallest absolute Gasteiger partial charge is 0.338 e. The fraction of sp³-hybridized carbons (Fsp3) is 0.176. The number of hydrogen-bond donors (Lipinski definition) is 1. The first kappa shape index (κ1) is 18.4. The molecule has 0 aliphatic carbocycles. The lowest BCUT2D eigenvalue weighted by molar-refractivity contribution is -0.384. The Bertz CT molecular complexity index is 805. The number of carbonyl (C=O) groups excluding carboxylic acids is 2. The first-order chi connectivity index (χ1) is 11.9. The Morgan fingerprint density at radius 3 is 2.40 bits per heavy atom. The summed E-state index contributed by atoms with van der Waals surface area (Å²) in [6.45, 7) is 0.330. The topological polar surface area (TPSA) is 98.5 Å². The first-order valence-corrected chi connectivity index (χ1v) is 7.69. The van der Waals surface area contributed by atoms with Crippen molar-refractivity contribution in [2.45, 2.75) is 6.42 Å². The van der Waals surface area contributed by atoms with Gasteiger partial charge in [-0.25, -0.2) is 4.79 Å². The molecule has 0 radical (unpaired) electrons. The third kappa shape index (κ3) is 5.02. The van der Waals surface area contributed by atoms with Crippen LogP contribution in [0.5, 0.6) is 0 Å². The van der Waals surface area contributed by atoms with Gasteiger partial charge in [0, 0.05) is 29.3 Å². The van der Waals surface area contributed by atoms with Crippen LogP contribution in [0.25, 0.3) is 0 Å². The highest BCUT2D eigenvalue weighted by atomic mass is 35.5. The van der Waals surface area contributed by atoms with Crippen LogP contribution in [0, 0.1) is 10.1 Å². The van der Waals surface area contributed by atoms with Crippen molar-refractivity contribution in [2.75, 3.05) is 13.7 Å². The minimum absolute atomic E-state index is 0.0192. The van der Waals surface area contributed by atoms with E-state index in [1.165, 1.54) is 6.07 Å². The Kier molecular flexibility index (Phi) is 6.08. The summed E-state index contributed by atoms with van der Waals surface area (Å²) in [7, 11) is 1.16. The molecule has 0 heterocycles. The highest BCUT2D eigenvalue weighted by molar-refractivity contribution is 6.30. The van der Waals surface area contributed by atoms with E-state index >= 15 is 0 Å². The average molecular weight is 363 g/mol. The number of nitro benzene ring substituents is 1. The van der Waals surface area contributed by atoms with Gasteiger partial charge >= 0.3 is 5.97 Å². The number of esters is 1. The third-order valence-corrected chi connectivity index (χ3v) is 3.68. The molecule has 0 spiro atoms. The predicted molar refractivity (Wildman–Crippen MR) is 91.9 cm³/mol. The molecule has 7 nitrogen and oxygen atoms in total. The second-order valence-corrected chi connectivity index (χ2v) is 5.59. The largest absolute Gasteiger partial charge is 0.465 e. The predicted octanol–water partition coefficient (Wildman–Crippen LogP) is 3.01. The first-order valence-electron chi connectivity index (χ1n) is 7.31. The molecule has 0 saturated heterocycles. The SMILES string of the molecule is COC(=O)c1cc(C(=O)NCCc2ccc(Cl)cc2)cc([N+](=O)[O-])c1. The quantitative estimate of drug-likeness (QED) is 0.484. The van der Waals surface area contributed by atoms with Crippen LogP contribution in [0.3, 0.4) is 0 Å². The van der Waals surface area contributed by atoms with Gasteiger partial charge in [-0.3, -0.25) is 14.9 Å². The lowest BCUT2D eigenvalue weighted by Gasteiger charge is -2.07. The highest BCUT2D eigenvalue weighted by Gasteiger charge is 2.18. The van der Waals surface area contributed by atoms with Gasteiger partial charge in [-0.05, 0) is 30.2 Å². The molecule has 1 amide bonds. The van der Waals surface area contributed by atoms with Crippen LogP contribution >= 0.6 is 11.6 Å². The van der Waals surface area contributed by atoms with Gasteiger partial charge in [0.05, 0.1) is 17.6 Å². The van der Waals surface area contributed by atoms with Crippen LogP contribution in [-0.4, -0.2) is 30.5 Å². The van der Waals surface area contributed by atoms with E-state index in [1.54, 1.807) is 12.1 Å². The minimum Gasteiger partial charge on any atom is -0.465 e. The molecular weight excluding hydrogens is 348 g/mol. The van der Waals surface area contributed by atoms with Crippen molar-refractivity contribution in [3.05, 3.63) is 74.3 Å². The van der Waals surface area contributed by atoms with Crippen LogP contribution in [0.15, 0.2) is 42.5 Å². The fourth-order valence-electron chi connectivity index (χ4n) is 2.16. The number of methoxy groups -OCH3 is 1. The number of nitrogens with one attached hydrogen (secondary N) is 1. The van der Waals surface area contributed by atoms with Crippen LogP contribution in [-0.2, 0) is 11.2 Å². The molecule has 0 bridgehead atoms. The van der Waals surface area contributed by atoms with E-state index in [4.69, 9.17) is 11.6 Å². The van der Waals surface area contributed by atoms with E-state index in [2.05, 4.69) is 10.1 Å². The van der Waals surface area contributed by atoms with E-state index in [-0.39, 0.29) is 16.8 Å². The van der Waals surface area contributed by atoms with Gasteiger partial charge in [-0.1, -0.05) is 23.7 Å². The maximum Gasteiger partial charge on any atom is 0.338 e. The lowest BCUT2D eigenvalue weighted by atomic mass is 10.1. The van der Waals surface area contributed by atoms with Gasteiger partial charge in [-0.15, -0.1) is 0 Å². The number of carbonyl (C=O) groups is 2. The number of nitro groups is 1. The van der Waals surface area contributed by atoms with E-state index in [0.29, 0.717) is 18.0 Å². The zero-order chi connectivity index (χ0) is 18.4. The molecule has 2 rings (SSSR count). The normalized spacial score (nSPS) is 10.2. The van der Waals surface area contributed by atoms with Crippen molar-refractivity contribution in [3.8, 4) is 0 Å². The number of rotatable bonds is 6. The Morgan fingerprint density at radius 2 is 1.80 bits per heavy atom. The highest BCUT2D eigenvalue weighted by Crippen LogP contribution is 2.18. The summed E-state index contributed by atoms with van der Waals surface area (Å²) in [6.07, 6.45) is 0.571. The standard InChI is InChI=1S/C17H15ClN2O5/c1-25-17(22)13-8-12(9-15(10-13)20(23)24)16(21)19-7-6-11-2-4-14(18)5-3-11/h2-5,8-10H,6-7H2,1H3,(H,19,21). The maximum atomic E-state index is 12.2. The summed E-state index contributed by atoms with van der Waals surface area (Å²) in [6, 6.07) is 10.6. The summed E-state index contributed by atoms with van der Waals surface area (Å²) in [5, 5.41) is 14.3. The maximum absolute atomic E-state index is 12.2. The summed E-state index contributed by atoms with van der Waals surface area (Å²) in [4.78, 5) is 34.1. The number of hydrogen-bond acceptors (Lipinski definition) is 5.